The van der Waals surface area contributed by atoms with E-state index in [-0.39, 0.29) is 0 Å². The number of ether oxygens (including phenoxy) is 1. The number of hydrogen-bond donors (Lipinski definition) is 0. The Balaban J connectivity index is 1.11. The maximum atomic E-state index is 6.95. The minimum atomic E-state index is -0.607. The third-order valence-corrected chi connectivity index (χ3v) is 12.5. The van der Waals surface area contributed by atoms with Gasteiger partial charge in [-0.15, -0.1) is 0 Å². The number of benzene rings is 10. The fourth-order valence-corrected chi connectivity index (χ4v) is 9.93. The summed E-state index contributed by atoms with van der Waals surface area (Å²) in [6.07, 6.45) is 0. The van der Waals surface area contributed by atoms with Gasteiger partial charge in [-0.1, -0.05) is 182 Å². The molecule has 1 atom stereocenters. The van der Waals surface area contributed by atoms with E-state index in [2.05, 4.69) is 229 Å². The van der Waals surface area contributed by atoms with E-state index in [1.807, 2.05) is 0 Å². The smallest absolute Gasteiger partial charge is 0.140 e. The van der Waals surface area contributed by atoms with Crippen LogP contribution in [0.4, 0.5) is 17.1 Å². The molecule has 1 aliphatic carbocycles. The number of fused-ring (bicyclic) bond motifs is 12. The van der Waals surface area contributed by atoms with Gasteiger partial charge >= 0.3 is 0 Å². The summed E-state index contributed by atoms with van der Waals surface area (Å²) in [6, 6.07) is 81.7. The van der Waals surface area contributed by atoms with Crippen LogP contribution in [0.15, 0.2) is 224 Å². The van der Waals surface area contributed by atoms with Crippen molar-refractivity contribution in [2.75, 3.05) is 4.90 Å². The standard InChI is InChI=1S/C57H37NO/c1-2-14-38(15-3-1)39-28-31-43(32-29-39)58(44-20-12-19-42(36-44)47-24-13-18-40-16-4-6-21-46(40)47)45-33-34-50-49-23-8-9-25-51(49)57(54(50)37-45)52-26-10-11-27-55(52)59-56-48-22-7-5-17-41(48)30-35-53(56)57/h1-37H. The molecule has 0 amide bonds. The number of nitrogens with zero attached hydrogens (tertiary/aromatic N) is 1. The summed E-state index contributed by atoms with van der Waals surface area (Å²) in [7, 11) is 0. The average molecular weight is 752 g/mol. The van der Waals surface area contributed by atoms with Crippen LogP contribution < -0.4 is 9.64 Å². The van der Waals surface area contributed by atoms with Gasteiger partial charge in [-0.25, -0.2) is 0 Å². The molecule has 0 radical (unpaired) electrons. The molecular formula is C57H37NO. The summed E-state index contributed by atoms with van der Waals surface area (Å²) in [4.78, 5) is 2.42. The first-order chi connectivity index (χ1) is 29.3. The highest BCUT2D eigenvalue weighted by atomic mass is 16.5. The van der Waals surface area contributed by atoms with Gasteiger partial charge in [0.05, 0.1) is 5.41 Å². The third-order valence-electron chi connectivity index (χ3n) is 12.5. The maximum Gasteiger partial charge on any atom is 0.140 e. The van der Waals surface area contributed by atoms with Crippen LogP contribution in [-0.2, 0) is 5.41 Å². The van der Waals surface area contributed by atoms with Crippen LogP contribution in [-0.4, -0.2) is 0 Å². The molecule has 0 saturated carbocycles. The Bertz CT molecular complexity index is 3250. The minimum absolute atomic E-state index is 0.607. The van der Waals surface area contributed by atoms with Gasteiger partial charge in [0, 0.05) is 33.6 Å². The van der Waals surface area contributed by atoms with Crippen molar-refractivity contribution >= 4 is 38.6 Å². The quantitative estimate of drug-likeness (QED) is 0.174. The van der Waals surface area contributed by atoms with E-state index in [4.69, 9.17) is 4.74 Å². The molecule has 0 aromatic heterocycles. The maximum absolute atomic E-state index is 6.95. The van der Waals surface area contributed by atoms with Gasteiger partial charge in [0.1, 0.15) is 11.5 Å². The molecule has 2 aliphatic rings. The molecule has 0 fully saturated rings. The van der Waals surface area contributed by atoms with Crippen molar-refractivity contribution in [2.45, 2.75) is 5.41 Å². The van der Waals surface area contributed by atoms with Crippen molar-refractivity contribution in [1.29, 1.82) is 0 Å². The van der Waals surface area contributed by atoms with E-state index in [1.165, 1.54) is 55.3 Å². The molecule has 1 spiro atoms. The van der Waals surface area contributed by atoms with Crippen LogP contribution in [0.3, 0.4) is 0 Å². The molecule has 276 valence electrons. The first kappa shape index (κ1) is 33.5. The SMILES string of the molecule is c1ccc(-c2ccc(N(c3cccc(-c4cccc5ccccc45)c3)c3ccc4c(c3)C3(c5ccccc5Oc5c3ccc3ccccc53)c3ccccc3-4)cc2)cc1. The first-order valence-corrected chi connectivity index (χ1v) is 20.3. The third kappa shape index (κ3) is 5.06. The lowest BCUT2D eigenvalue weighted by Gasteiger charge is -2.40. The molecule has 59 heavy (non-hydrogen) atoms. The molecule has 0 saturated heterocycles. The van der Waals surface area contributed by atoms with E-state index in [9.17, 15) is 0 Å². The number of para-hydroxylation sites is 1. The first-order valence-electron chi connectivity index (χ1n) is 20.3. The van der Waals surface area contributed by atoms with Gasteiger partial charge in [0.25, 0.3) is 0 Å². The van der Waals surface area contributed by atoms with E-state index >= 15 is 0 Å². The van der Waals surface area contributed by atoms with E-state index in [1.54, 1.807) is 0 Å². The Morgan fingerprint density at radius 2 is 0.915 bits per heavy atom. The molecule has 0 bridgehead atoms. The van der Waals surface area contributed by atoms with Crippen molar-refractivity contribution < 1.29 is 4.74 Å². The molecular weight excluding hydrogens is 715 g/mol. The number of anilines is 3. The lowest BCUT2D eigenvalue weighted by molar-refractivity contribution is 0.441. The topological polar surface area (TPSA) is 12.5 Å². The van der Waals surface area contributed by atoms with Crippen LogP contribution >= 0.6 is 0 Å². The van der Waals surface area contributed by atoms with E-state index in [0.29, 0.717) is 0 Å². The van der Waals surface area contributed by atoms with Crippen LogP contribution in [0.2, 0.25) is 0 Å². The molecule has 1 heterocycles. The molecule has 2 heteroatoms. The van der Waals surface area contributed by atoms with Gasteiger partial charge in [-0.3, -0.25) is 0 Å². The summed E-state index contributed by atoms with van der Waals surface area (Å²) in [6.45, 7) is 0. The summed E-state index contributed by atoms with van der Waals surface area (Å²) in [5.74, 6) is 1.81. The molecule has 10 aromatic carbocycles. The normalized spacial score (nSPS) is 14.6. The minimum Gasteiger partial charge on any atom is -0.456 e. The van der Waals surface area contributed by atoms with Crippen molar-refractivity contribution in [1.82, 2.24) is 0 Å². The van der Waals surface area contributed by atoms with Crippen LogP contribution in [0.25, 0.3) is 54.9 Å². The van der Waals surface area contributed by atoms with Crippen LogP contribution in [0, 0.1) is 0 Å². The van der Waals surface area contributed by atoms with Crippen molar-refractivity contribution in [3.8, 4) is 44.9 Å². The highest BCUT2D eigenvalue weighted by Crippen LogP contribution is 2.63. The predicted octanol–water partition coefficient (Wildman–Crippen LogP) is 15.3. The molecule has 10 aromatic rings. The average Bonchev–Trinajstić information content (AvgIpc) is 3.59. The number of hydrogen-bond acceptors (Lipinski definition) is 2. The Morgan fingerprint density at radius 1 is 0.322 bits per heavy atom. The van der Waals surface area contributed by atoms with Gasteiger partial charge in [-0.05, 0) is 103 Å². The Labute approximate surface area is 343 Å². The molecule has 2 nitrogen and oxygen atoms in total. The lowest BCUT2D eigenvalue weighted by atomic mass is 9.65. The molecule has 12 rings (SSSR count). The monoisotopic (exact) mass is 751 g/mol. The van der Waals surface area contributed by atoms with Crippen LogP contribution in [0.5, 0.6) is 11.5 Å². The summed E-state index contributed by atoms with van der Waals surface area (Å²) >= 11 is 0. The molecule has 1 aliphatic heterocycles. The van der Waals surface area contributed by atoms with Gasteiger partial charge in [-0.2, -0.15) is 0 Å². The van der Waals surface area contributed by atoms with Gasteiger partial charge in [0.2, 0.25) is 0 Å². The van der Waals surface area contributed by atoms with Crippen molar-refractivity contribution in [3.63, 3.8) is 0 Å². The zero-order valence-corrected chi connectivity index (χ0v) is 32.2. The summed E-state index contributed by atoms with van der Waals surface area (Å²) < 4.78 is 6.95. The highest BCUT2D eigenvalue weighted by Gasteiger charge is 2.51. The largest absolute Gasteiger partial charge is 0.456 e. The van der Waals surface area contributed by atoms with Crippen LogP contribution in [0.1, 0.15) is 22.3 Å². The van der Waals surface area contributed by atoms with Crippen molar-refractivity contribution in [3.05, 3.63) is 247 Å². The summed E-state index contributed by atoms with van der Waals surface area (Å²) in [5.41, 5.74) is 14.8. The van der Waals surface area contributed by atoms with Crippen molar-refractivity contribution in [2.24, 2.45) is 0 Å². The second kappa shape index (κ2) is 13.2. The summed E-state index contributed by atoms with van der Waals surface area (Å²) in [5, 5.41) is 4.76. The molecule has 1 unspecified atom stereocenters. The fraction of sp³-hybridized carbons (Fsp3) is 0.0175. The highest BCUT2D eigenvalue weighted by molar-refractivity contribution is 5.99. The van der Waals surface area contributed by atoms with E-state index < -0.39 is 5.41 Å². The lowest BCUT2D eigenvalue weighted by Crippen LogP contribution is -2.32. The molecule has 0 N–H and O–H groups in total. The van der Waals surface area contributed by atoms with Gasteiger partial charge in [0.15, 0.2) is 0 Å². The second-order valence-corrected chi connectivity index (χ2v) is 15.6. The Kier molecular flexibility index (Phi) is 7.48. The zero-order valence-electron chi connectivity index (χ0n) is 32.2. The zero-order chi connectivity index (χ0) is 38.9. The fourth-order valence-electron chi connectivity index (χ4n) is 9.93. The van der Waals surface area contributed by atoms with Gasteiger partial charge < -0.3 is 9.64 Å². The predicted molar refractivity (Wildman–Crippen MR) is 244 cm³/mol. The Hall–Kier alpha value is -7.68. The Morgan fingerprint density at radius 3 is 1.78 bits per heavy atom. The second-order valence-electron chi connectivity index (χ2n) is 15.6. The van der Waals surface area contributed by atoms with E-state index in [0.717, 1.165) is 50.5 Å². The number of rotatable bonds is 5.